The van der Waals surface area contributed by atoms with Gasteiger partial charge in [0.05, 0.1) is 0 Å². The first kappa shape index (κ1) is 16.4. The molecule has 118 valence electrons. The van der Waals surface area contributed by atoms with Gasteiger partial charge in [-0.25, -0.2) is 0 Å². The molecule has 0 spiro atoms. The lowest BCUT2D eigenvalue weighted by Gasteiger charge is -2.09. The second-order valence-electron chi connectivity index (χ2n) is 4.86. The molecule has 2 aromatic carbocycles. The molecule has 0 bridgehead atoms. The minimum atomic E-state index is 0.252. The van der Waals surface area contributed by atoms with E-state index < -0.39 is 0 Å². The molecule has 23 heavy (non-hydrogen) atoms. The first-order valence-electron chi connectivity index (χ1n) is 7.31. The maximum absolute atomic E-state index is 9.31. The molecule has 0 unspecified atom stereocenters. The summed E-state index contributed by atoms with van der Waals surface area (Å²) in [6.45, 7) is 8.17. The van der Waals surface area contributed by atoms with E-state index in [0.29, 0.717) is 13.2 Å². The van der Waals surface area contributed by atoms with Crippen LogP contribution >= 0.6 is 0 Å². The van der Waals surface area contributed by atoms with Gasteiger partial charge in [0.25, 0.3) is 0 Å². The molecule has 2 rings (SSSR count). The normalized spacial score (nSPS) is 10.4. The van der Waals surface area contributed by atoms with E-state index in [1.807, 2.05) is 42.5 Å². The van der Waals surface area contributed by atoms with Crippen LogP contribution in [0.4, 0.5) is 0 Å². The summed E-state index contributed by atoms with van der Waals surface area (Å²) >= 11 is 0. The molecule has 2 aromatic rings. The Hall–Kier alpha value is -2.94. The van der Waals surface area contributed by atoms with Gasteiger partial charge in [0.15, 0.2) is 0 Å². The standard InChI is InChI=1S/C20H20O3/c1-3-11-22-19-13-17(14-20(15-19)23-12-4-2)6-5-16-7-9-18(21)10-8-16/h3-10,13-15,21H,1-2,11-12H2. The van der Waals surface area contributed by atoms with E-state index in [2.05, 4.69) is 13.2 Å². The fraction of sp³-hybridized carbons (Fsp3) is 0.100. The molecular weight excluding hydrogens is 288 g/mol. The Balaban J connectivity index is 2.22. The van der Waals surface area contributed by atoms with E-state index in [-0.39, 0.29) is 5.75 Å². The lowest BCUT2D eigenvalue weighted by Crippen LogP contribution is -1.97. The largest absolute Gasteiger partial charge is 0.508 e. The zero-order valence-corrected chi connectivity index (χ0v) is 12.9. The van der Waals surface area contributed by atoms with E-state index in [0.717, 1.165) is 22.6 Å². The number of aromatic hydroxyl groups is 1. The Bertz CT molecular complexity index is 654. The second-order valence-corrected chi connectivity index (χ2v) is 4.86. The summed E-state index contributed by atoms with van der Waals surface area (Å²) in [6, 6.07) is 12.7. The van der Waals surface area contributed by atoms with E-state index >= 15 is 0 Å². The van der Waals surface area contributed by atoms with Crippen LogP contribution in [0.1, 0.15) is 11.1 Å². The van der Waals surface area contributed by atoms with E-state index in [1.54, 1.807) is 24.3 Å². The van der Waals surface area contributed by atoms with Crippen LogP contribution in [0.2, 0.25) is 0 Å². The van der Waals surface area contributed by atoms with Crippen molar-refractivity contribution in [1.82, 2.24) is 0 Å². The molecule has 0 heterocycles. The number of hydrogen-bond donors (Lipinski definition) is 1. The van der Waals surface area contributed by atoms with Crippen molar-refractivity contribution in [3.8, 4) is 17.2 Å². The van der Waals surface area contributed by atoms with E-state index in [4.69, 9.17) is 9.47 Å². The van der Waals surface area contributed by atoms with Crippen LogP contribution in [-0.4, -0.2) is 18.3 Å². The number of phenolic OH excluding ortho intramolecular Hbond substituents is 1. The first-order valence-corrected chi connectivity index (χ1v) is 7.31. The van der Waals surface area contributed by atoms with Crippen molar-refractivity contribution in [1.29, 1.82) is 0 Å². The van der Waals surface area contributed by atoms with Crippen molar-refractivity contribution in [2.75, 3.05) is 13.2 Å². The number of rotatable bonds is 8. The highest BCUT2D eigenvalue weighted by Crippen LogP contribution is 2.25. The molecule has 0 saturated carbocycles. The fourth-order valence-corrected chi connectivity index (χ4v) is 1.94. The molecule has 0 aliphatic carbocycles. The molecular formula is C20H20O3. The van der Waals surface area contributed by atoms with Gasteiger partial charge in [-0.2, -0.15) is 0 Å². The minimum absolute atomic E-state index is 0.252. The van der Waals surface area contributed by atoms with E-state index in [1.165, 1.54) is 0 Å². The van der Waals surface area contributed by atoms with Crippen molar-refractivity contribution >= 4 is 12.2 Å². The summed E-state index contributed by atoms with van der Waals surface area (Å²) in [5.74, 6) is 1.69. The summed E-state index contributed by atoms with van der Waals surface area (Å²) < 4.78 is 11.2. The highest BCUT2D eigenvalue weighted by molar-refractivity contribution is 5.71. The third-order valence-corrected chi connectivity index (χ3v) is 3.00. The van der Waals surface area contributed by atoms with Crippen LogP contribution in [0.3, 0.4) is 0 Å². The third kappa shape index (κ3) is 5.40. The van der Waals surface area contributed by atoms with Crippen LogP contribution < -0.4 is 9.47 Å². The predicted molar refractivity (Wildman–Crippen MR) is 94.9 cm³/mol. The Kier molecular flexibility index (Phi) is 6.07. The molecule has 0 radical (unpaired) electrons. The molecule has 0 aromatic heterocycles. The second kappa shape index (κ2) is 8.49. The maximum Gasteiger partial charge on any atom is 0.124 e. The first-order chi connectivity index (χ1) is 11.2. The number of ether oxygens (including phenoxy) is 2. The zero-order chi connectivity index (χ0) is 16.5. The van der Waals surface area contributed by atoms with Crippen LogP contribution in [0.5, 0.6) is 17.2 Å². The summed E-state index contributed by atoms with van der Waals surface area (Å²) in [4.78, 5) is 0. The molecule has 1 N–H and O–H groups in total. The van der Waals surface area contributed by atoms with Crippen molar-refractivity contribution in [2.24, 2.45) is 0 Å². The Morgan fingerprint density at radius 2 is 1.30 bits per heavy atom. The van der Waals surface area contributed by atoms with Gasteiger partial charge in [0.2, 0.25) is 0 Å². The van der Waals surface area contributed by atoms with Gasteiger partial charge >= 0.3 is 0 Å². The van der Waals surface area contributed by atoms with Crippen LogP contribution in [0.15, 0.2) is 67.8 Å². The predicted octanol–water partition coefficient (Wildman–Crippen LogP) is 4.69. The van der Waals surface area contributed by atoms with Crippen LogP contribution in [-0.2, 0) is 0 Å². The van der Waals surface area contributed by atoms with Gasteiger partial charge in [0.1, 0.15) is 30.5 Å². The smallest absolute Gasteiger partial charge is 0.124 e. The summed E-state index contributed by atoms with van der Waals surface area (Å²) in [5, 5.41) is 9.31. The summed E-state index contributed by atoms with van der Waals surface area (Å²) in [7, 11) is 0. The van der Waals surface area contributed by atoms with E-state index in [9.17, 15) is 5.11 Å². The Morgan fingerprint density at radius 1 is 0.783 bits per heavy atom. The highest BCUT2D eigenvalue weighted by atomic mass is 16.5. The molecule has 0 atom stereocenters. The minimum Gasteiger partial charge on any atom is -0.508 e. The molecule has 0 fully saturated rings. The summed E-state index contributed by atoms with van der Waals surface area (Å²) in [5.41, 5.74) is 1.95. The van der Waals surface area contributed by atoms with Crippen molar-refractivity contribution in [3.05, 3.63) is 78.9 Å². The van der Waals surface area contributed by atoms with Crippen LogP contribution in [0, 0.1) is 0 Å². The number of phenols is 1. The average Bonchev–Trinajstić information content (AvgIpc) is 2.57. The zero-order valence-electron chi connectivity index (χ0n) is 12.9. The van der Waals surface area contributed by atoms with Crippen molar-refractivity contribution < 1.29 is 14.6 Å². The molecule has 3 heteroatoms. The number of benzene rings is 2. The van der Waals surface area contributed by atoms with Gasteiger partial charge in [0, 0.05) is 6.07 Å². The van der Waals surface area contributed by atoms with Gasteiger partial charge in [-0.1, -0.05) is 49.6 Å². The highest BCUT2D eigenvalue weighted by Gasteiger charge is 2.01. The maximum atomic E-state index is 9.31. The van der Waals surface area contributed by atoms with Crippen molar-refractivity contribution in [3.63, 3.8) is 0 Å². The van der Waals surface area contributed by atoms with Crippen LogP contribution in [0.25, 0.3) is 12.2 Å². The van der Waals surface area contributed by atoms with Gasteiger partial charge in [-0.3, -0.25) is 0 Å². The average molecular weight is 308 g/mol. The van der Waals surface area contributed by atoms with Gasteiger partial charge in [-0.15, -0.1) is 0 Å². The molecule has 0 amide bonds. The molecule has 0 saturated heterocycles. The van der Waals surface area contributed by atoms with Gasteiger partial charge < -0.3 is 14.6 Å². The molecule has 0 aliphatic heterocycles. The SMILES string of the molecule is C=CCOc1cc(C=Cc2ccc(O)cc2)cc(OCC=C)c1. The fourth-order valence-electron chi connectivity index (χ4n) is 1.94. The molecule has 0 aliphatic rings. The topological polar surface area (TPSA) is 38.7 Å². The Labute approximate surface area is 136 Å². The lowest BCUT2D eigenvalue weighted by molar-refractivity contribution is 0.345. The monoisotopic (exact) mass is 308 g/mol. The summed E-state index contributed by atoms with van der Waals surface area (Å²) in [6.07, 6.45) is 7.32. The Morgan fingerprint density at radius 3 is 1.83 bits per heavy atom. The number of hydrogen-bond acceptors (Lipinski definition) is 3. The van der Waals surface area contributed by atoms with Gasteiger partial charge in [-0.05, 0) is 35.4 Å². The molecule has 3 nitrogen and oxygen atoms in total. The quantitative estimate of drug-likeness (QED) is 0.568. The third-order valence-electron chi connectivity index (χ3n) is 3.00. The van der Waals surface area contributed by atoms with Crippen molar-refractivity contribution in [2.45, 2.75) is 0 Å². The lowest BCUT2D eigenvalue weighted by atomic mass is 10.1.